The number of halogens is 1. The second-order valence-corrected chi connectivity index (χ2v) is 13.0. The zero-order chi connectivity index (χ0) is 27.8. The van der Waals surface area contributed by atoms with Gasteiger partial charge < -0.3 is 25.0 Å². The van der Waals surface area contributed by atoms with Crippen LogP contribution in [0, 0.1) is 5.41 Å². The standard InChI is InChI=1S/C26H31ClN4O6S.H2S/c1-25(2,3)24(35)37-13-36-23(34)20-26(4,5)38-22-19(21(33)31(20)22)30-18(32)9-11-28-16-8-10-29-17-12-14(27)6-7-15(16)17;/h6-8,10,12,19-20,22H,9,11,13H2,1-5H3,(H,28,29)(H,30,32);1H2/t19-,20+,22-;/m1./s1. The molecule has 2 aliphatic heterocycles. The maximum atomic E-state index is 12.9. The first-order valence-electron chi connectivity index (χ1n) is 12.2. The predicted molar refractivity (Wildman–Crippen MR) is 155 cm³/mol. The molecule has 10 nitrogen and oxygen atoms in total. The van der Waals surface area contributed by atoms with Crippen molar-refractivity contribution in [2.45, 2.75) is 63.2 Å². The SMILES string of the molecule is CC(C)(C)C(=O)OCOC(=O)[C@@H]1N2C(=O)[C@@H](NC(=O)CCNc3ccnc4cc(Cl)ccc34)[C@H]2SC1(C)C.S. The number of hydrogen-bond donors (Lipinski definition) is 2. The molecule has 2 amide bonds. The molecule has 4 rings (SSSR count). The van der Waals surface area contributed by atoms with Gasteiger partial charge in [-0.15, -0.1) is 11.8 Å². The first-order chi connectivity index (χ1) is 17.8. The van der Waals surface area contributed by atoms with Crippen LogP contribution in [0.2, 0.25) is 5.02 Å². The van der Waals surface area contributed by atoms with E-state index < -0.39 is 46.4 Å². The topological polar surface area (TPSA) is 127 Å². The van der Waals surface area contributed by atoms with Crippen LogP contribution in [0.1, 0.15) is 41.0 Å². The molecule has 0 bridgehead atoms. The third kappa shape index (κ3) is 6.55. The lowest BCUT2D eigenvalue weighted by Gasteiger charge is -2.43. The van der Waals surface area contributed by atoms with Crippen molar-refractivity contribution in [3.8, 4) is 0 Å². The third-order valence-electron chi connectivity index (χ3n) is 6.36. The minimum absolute atomic E-state index is 0. The van der Waals surface area contributed by atoms with Gasteiger partial charge in [-0.1, -0.05) is 11.6 Å². The van der Waals surface area contributed by atoms with Crippen LogP contribution < -0.4 is 10.6 Å². The highest BCUT2D eigenvalue weighted by atomic mass is 35.5. The number of nitrogens with one attached hydrogen (secondary N) is 2. The maximum Gasteiger partial charge on any atom is 0.333 e. The fourth-order valence-corrected chi connectivity index (χ4v) is 6.18. The largest absolute Gasteiger partial charge is 0.427 e. The van der Waals surface area contributed by atoms with Crippen molar-refractivity contribution >= 4 is 77.2 Å². The van der Waals surface area contributed by atoms with E-state index in [1.165, 1.54) is 16.7 Å². The number of esters is 2. The summed E-state index contributed by atoms with van der Waals surface area (Å²) in [6.07, 6.45) is 1.81. The summed E-state index contributed by atoms with van der Waals surface area (Å²) in [5.41, 5.74) is 0.843. The third-order valence-corrected chi connectivity index (χ3v) is 8.16. The van der Waals surface area contributed by atoms with Crippen molar-refractivity contribution in [1.82, 2.24) is 15.2 Å². The number of fused-ring (bicyclic) bond motifs is 2. The highest BCUT2D eigenvalue weighted by Crippen LogP contribution is 2.51. The number of benzene rings is 1. The number of thioether (sulfide) groups is 1. The van der Waals surface area contributed by atoms with Crippen LogP contribution in [0.25, 0.3) is 10.9 Å². The van der Waals surface area contributed by atoms with Crippen molar-refractivity contribution in [1.29, 1.82) is 0 Å². The molecule has 0 saturated carbocycles. The zero-order valence-corrected chi connectivity index (χ0v) is 24.9. The number of β-lactam (4-membered cyclic amide) rings is 1. The summed E-state index contributed by atoms with van der Waals surface area (Å²) in [5, 5.41) is 7.12. The fraction of sp³-hybridized carbons (Fsp3) is 0.500. The molecule has 13 heteroatoms. The first kappa shape index (κ1) is 30.8. The summed E-state index contributed by atoms with van der Waals surface area (Å²) < 4.78 is 9.54. The molecule has 2 N–H and O–H groups in total. The number of amides is 2. The van der Waals surface area contributed by atoms with E-state index in [2.05, 4.69) is 15.6 Å². The Bertz CT molecular complexity index is 1280. The second-order valence-electron chi connectivity index (χ2n) is 10.8. The summed E-state index contributed by atoms with van der Waals surface area (Å²) in [6, 6.07) is 5.64. The summed E-state index contributed by atoms with van der Waals surface area (Å²) in [6.45, 7) is 8.59. The minimum atomic E-state index is -0.860. The van der Waals surface area contributed by atoms with Gasteiger partial charge in [0.15, 0.2) is 0 Å². The van der Waals surface area contributed by atoms with Crippen LogP contribution in [-0.2, 0) is 28.7 Å². The molecule has 0 aliphatic carbocycles. The second kappa shape index (κ2) is 11.8. The summed E-state index contributed by atoms with van der Waals surface area (Å²) in [7, 11) is 0. The Hall–Kier alpha value is -2.70. The molecule has 2 saturated heterocycles. The van der Waals surface area contributed by atoms with Crippen molar-refractivity contribution in [2.24, 2.45) is 5.41 Å². The number of anilines is 1. The van der Waals surface area contributed by atoms with E-state index in [-0.39, 0.29) is 31.7 Å². The van der Waals surface area contributed by atoms with Crippen LogP contribution in [0.4, 0.5) is 5.69 Å². The number of rotatable bonds is 8. The number of nitrogens with zero attached hydrogens (tertiary/aromatic N) is 2. The molecule has 3 atom stereocenters. The van der Waals surface area contributed by atoms with Gasteiger partial charge in [-0.25, -0.2) is 4.79 Å². The molecular formula is C26H33ClN4O6S2. The van der Waals surface area contributed by atoms with Crippen LogP contribution in [0.5, 0.6) is 0 Å². The lowest BCUT2D eigenvalue weighted by Crippen LogP contribution is -2.70. The molecule has 0 spiro atoms. The molecule has 2 aromatic rings. The van der Waals surface area contributed by atoms with Gasteiger partial charge in [0.2, 0.25) is 18.6 Å². The maximum absolute atomic E-state index is 12.9. The number of aromatic nitrogens is 1. The smallest absolute Gasteiger partial charge is 0.333 e. The monoisotopic (exact) mass is 596 g/mol. The molecule has 2 fully saturated rings. The molecule has 1 aromatic carbocycles. The van der Waals surface area contributed by atoms with Crippen LogP contribution in [0.15, 0.2) is 30.5 Å². The summed E-state index contributed by atoms with van der Waals surface area (Å²) in [4.78, 5) is 56.0. The van der Waals surface area contributed by atoms with Gasteiger partial charge in [-0.2, -0.15) is 13.5 Å². The van der Waals surface area contributed by atoms with Crippen molar-refractivity contribution in [3.63, 3.8) is 0 Å². The van der Waals surface area contributed by atoms with Crippen molar-refractivity contribution < 1.29 is 28.7 Å². The van der Waals surface area contributed by atoms with Gasteiger partial charge >= 0.3 is 11.9 Å². The van der Waals surface area contributed by atoms with Crippen LogP contribution in [0.3, 0.4) is 0 Å². The Morgan fingerprint density at radius 3 is 2.59 bits per heavy atom. The van der Waals surface area contributed by atoms with Gasteiger partial charge in [0.05, 0.1) is 10.9 Å². The van der Waals surface area contributed by atoms with Crippen LogP contribution >= 0.6 is 36.9 Å². The molecule has 0 unspecified atom stereocenters. The highest BCUT2D eigenvalue weighted by Gasteiger charge is 2.64. The Labute approximate surface area is 243 Å². The Kier molecular flexibility index (Phi) is 9.34. The predicted octanol–water partition coefficient (Wildman–Crippen LogP) is 3.44. The molecule has 3 heterocycles. The number of carbonyl (C=O) groups is 4. The molecule has 1 aromatic heterocycles. The highest BCUT2D eigenvalue weighted by molar-refractivity contribution is 8.01. The Morgan fingerprint density at radius 1 is 1.18 bits per heavy atom. The lowest BCUT2D eigenvalue weighted by atomic mass is 9.96. The van der Waals surface area contributed by atoms with E-state index in [9.17, 15) is 19.2 Å². The van der Waals surface area contributed by atoms with E-state index in [0.29, 0.717) is 11.6 Å². The molecule has 39 heavy (non-hydrogen) atoms. The fourth-order valence-electron chi connectivity index (χ4n) is 4.39. The Balaban J connectivity index is 0.00000420. The van der Waals surface area contributed by atoms with Gasteiger partial charge in [-0.3, -0.25) is 19.4 Å². The molecular weight excluding hydrogens is 564 g/mol. The molecule has 212 valence electrons. The number of ether oxygens (including phenoxy) is 2. The van der Waals surface area contributed by atoms with Gasteiger partial charge in [0, 0.05) is 40.0 Å². The van der Waals surface area contributed by atoms with E-state index in [4.69, 9.17) is 21.1 Å². The first-order valence-corrected chi connectivity index (χ1v) is 13.5. The summed E-state index contributed by atoms with van der Waals surface area (Å²) >= 11 is 7.46. The zero-order valence-electron chi connectivity index (χ0n) is 22.4. The summed E-state index contributed by atoms with van der Waals surface area (Å²) in [5.74, 6) is -1.78. The Morgan fingerprint density at radius 2 is 1.90 bits per heavy atom. The van der Waals surface area contributed by atoms with Gasteiger partial charge in [-0.05, 0) is 58.9 Å². The average molecular weight is 597 g/mol. The average Bonchev–Trinajstić information content (AvgIpc) is 3.09. The van der Waals surface area contributed by atoms with Gasteiger partial charge in [0.1, 0.15) is 17.5 Å². The van der Waals surface area contributed by atoms with Crippen molar-refractivity contribution in [3.05, 3.63) is 35.5 Å². The van der Waals surface area contributed by atoms with E-state index >= 15 is 0 Å². The lowest BCUT2D eigenvalue weighted by molar-refractivity contribution is -0.180. The van der Waals surface area contributed by atoms with E-state index in [0.717, 1.165) is 16.6 Å². The number of hydrogen-bond acceptors (Lipinski definition) is 9. The molecule has 0 radical (unpaired) electrons. The minimum Gasteiger partial charge on any atom is -0.427 e. The molecule has 2 aliphatic rings. The van der Waals surface area contributed by atoms with E-state index in [1.54, 1.807) is 39.1 Å². The van der Waals surface area contributed by atoms with E-state index in [1.807, 2.05) is 26.0 Å². The van der Waals surface area contributed by atoms with Gasteiger partial charge in [0.25, 0.3) is 0 Å². The quantitative estimate of drug-likeness (QED) is 0.268. The number of pyridine rings is 1. The van der Waals surface area contributed by atoms with Crippen molar-refractivity contribution in [2.75, 3.05) is 18.7 Å². The normalized spacial score (nSPS) is 21.3. The van der Waals surface area contributed by atoms with Crippen LogP contribution in [-0.4, -0.2) is 69.2 Å². The number of carbonyl (C=O) groups excluding carboxylic acids is 4.